The number of benzene rings is 3. The maximum Gasteiger partial charge on any atom is 0.430 e. The predicted molar refractivity (Wildman–Crippen MR) is 121 cm³/mol. The van der Waals surface area contributed by atoms with Crippen LogP contribution in [0.3, 0.4) is 0 Å². The molecule has 0 saturated heterocycles. The van der Waals surface area contributed by atoms with Crippen molar-refractivity contribution in [2.75, 3.05) is 14.2 Å². The van der Waals surface area contributed by atoms with E-state index in [2.05, 4.69) is 24.6 Å². The molecule has 0 aliphatic heterocycles. The Kier molecular flexibility index (Phi) is 10.4. The minimum atomic E-state index is -0.494. The second kappa shape index (κ2) is 13.5. The fraction of sp³-hybridized carbons (Fsp3) is 0.143. The number of nitro groups is 1. The molecule has 0 N–H and O–H groups in total. The van der Waals surface area contributed by atoms with Crippen molar-refractivity contribution in [3.63, 3.8) is 0 Å². The smallest absolute Gasteiger partial charge is 0.430 e. The Labute approximate surface area is 198 Å². The molecule has 3 aromatic rings. The van der Waals surface area contributed by atoms with Crippen LogP contribution < -0.4 is 14.7 Å². The summed E-state index contributed by atoms with van der Waals surface area (Å²) in [6, 6.07) is 16.1. The molecule has 3 rings (SSSR count). The lowest BCUT2D eigenvalue weighted by Gasteiger charge is -2.04. The molecule has 0 heterocycles. The highest BCUT2D eigenvalue weighted by atomic mass is 32.2. The van der Waals surface area contributed by atoms with Gasteiger partial charge in [0.25, 0.3) is 5.69 Å². The van der Waals surface area contributed by atoms with E-state index < -0.39 is 4.92 Å². The van der Waals surface area contributed by atoms with Crippen molar-refractivity contribution in [3.8, 4) is 11.5 Å². The number of nitro benzene ring substituents is 1. The fourth-order valence-corrected chi connectivity index (χ4v) is 2.77. The van der Waals surface area contributed by atoms with Crippen LogP contribution in [0.25, 0.3) is 4.98 Å². The van der Waals surface area contributed by atoms with Crippen LogP contribution in [0.2, 0.25) is 0 Å². The monoisotopic (exact) mass is 485 g/mol. The van der Waals surface area contributed by atoms with Crippen LogP contribution in [0.15, 0.2) is 75.8 Å². The Morgan fingerprint density at radius 2 is 1.62 bits per heavy atom. The van der Waals surface area contributed by atoms with Crippen LogP contribution in [0.1, 0.15) is 5.56 Å². The summed E-state index contributed by atoms with van der Waals surface area (Å²) in [5, 5.41) is 40.2. The van der Waals surface area contributed by atoms with E-state index in [0.717, 1.165) is 22.5 Å². The van der Waals surface area contributed by atoms with Gasteiger partial charge in [-0.15, -0.1) is 5.11 Å². The van der Waals surface area contributed by atoms with Gasteiger partial charge in [0, 0.05) is 23.1 Å². The molecule has 0 spiro atoms. The van der Waals surface area contributed by atoms with E-state index in [1.54, 1.807) is 0 Å². The van der Waals surface area contributed by atoms with Gasteiger partial charge in [-0.05, 0) is 31.2 Å². The summed E-state index contributed by atoms with van der Waals surface area (Å²) in [5.41, 5.74) is 2.12. The zero-order chi connectivity index (χ0) is 24.9. The van der Waals surface area contributed by atoms with Gasteiger partial charge in [-0.1, -0.05) is 17.7 Å². The standard InChI is InChI=1S/C14H12N5O4.C7H8O3S/c1-22-13-8-12(14(23-2)7-11(13)16-15)18-17-9-3-5-10(6-4-9)19(20)21;1-6-2-4-7(5-3-6)11-10-9-8/h3-8H,1-2H3;2-5,8H,1H3/q+1;/p-1. The summed E-state index contributed by atoms with van der Waals surface area (Å²) in [7, 11) is 2.86. The molecule has 0 radical (unpaired) electrons. The summed E-state index contributed by atoms with van der Waals surface area (Å²) >= 11 is 0.894. The number of hydrogen-bond donors (Lipinski definition) is 0. The maximum atomic E-state index is 10.6. The number of non-ortho nitro benzene ring substituents is 1. The Morgan fingerprint density at radius 1 is 0.971 bits per heavy atom. The number of diazo groups is 1. The van der Waals surface area contributed by atoms with Gasteiger partial charge in [-0.25, -0.2) is 0 Å². The summed E-state index contributed by atoms with van der Waals surface area (Å²) in [6.45, 7) is 1.99. The molecule has 12 nitrogen and oxygen atoms in total. The number of rotatable bonds is 8. The molecule has 0 bridgehead atoms. The van der Waals surface area contributed by atoms with Gasteiger partial charge in [-0.2, -0.15) is 9.45 Å². The van der Waals surface area contributed by atoms with Gasteiger partial charge in [0.1, 0.15) is 5.69 Å². The number of ether oxygens (including phenoxy) is 2. The van der Waals surface area contributed by atoms with Gasteiger partial charge >= 0.3 is 5.69 Å². The van der Waals surface area contributed by atoms with Crippen LogP contribution in [0.4, 0.5) is 22.7 Å². The van der Waals surface area contributed by atoms with Gasteiger partial charge < -0.3 is 14.7 Å². The molecule has 0 aliphatic carbocycles. The van der Waals surface area contributed by atoms with E-state index in [1.807, 2.05) is 31.2 Å². The predicted octanol–water partition coefficient (Wildman–Crippen LogP) is 5.74. The van der Waals surface area contributed by atoms with Gasteiger partial charge in [0.2, 0.25) is 11.1 Å². The van der Waals surface area contributed by atoms with Gasteiger partial charge in [0.15, 0.2) is 10.7 Å². The normalized spacial score (nSPS) is 10.2. The number of azo groups is 1. The van der Waals surface area contributed by atoms with Crippen molar-refractivity contribution in [1.29, 1.82) is 5.39 Å². The topological polar surface area (TPSA) is 156 Å². The van der Waals surface area contributed by atoms with Crippen LogP contribution in [0.5, 0.6) is 11.5 Å². The number of methoxy groups -OCH3 is 2. The average Bonchev–Trinajstić information content (AvgIpc) is 2.87. The summed E-state index contributed by atoms with van der Waals surface area (Å²) in [6.07, 6.45) is 0. The molecule has 176 valence electrons. The first-order valence-corrected chi connectivity index (χ1v) is 10.1. The molecule has 0 saturated carbocycles. The van der Waals surface area contributed by atoms with Crippen molar-refractivity contribution in [3.05, 3.63) is 81.3 Å². The van der Waals surface area contributed by atoms with Crippen molar-refractivity contribution >= 4 is 34.8 Å². The molecule has 0 fully saturated rings. The molecule has 0 atom stereocenters. The van der Waals surface area contributed by atoms with Crippen molar-refractivity contribution in [2.45, 2.75) is 11.8 Å². The van der Waals surface area contributed by atoms with E-state index in [4.69, 9.17) is 14.9 Å². The summed E-state index contributed by atoms with van der Waals surface area (Å²) in [4.78, 5) is 14.0. The fourth-order valence-electron chi connectivity index (χ4n) is 2.42. The van der Waals surface area contributed by atoms with Crippen molar-refractivity contribution in [2.24, 2.45) is 10.2 Å². The first-order chi connectivity index (χ1) is 16.4. The lowest BCUT2D eigenvalue weighted by Crippen LogP contribution is -2.00. The Bertz CT molecular complexity index is 1170. The van der Waals surface area contributed by atoms with Crippen molar-refractivity contribution in [1.82, 2.24) is 0 Å². The first-order valence-electron chi connectivity index (χ1n) is 9.39. The van der Waals surface area contributed by atoms with Crippen LogP contribution >= 0.6 is 12.0 Å². The van der Waals surface area contributed by atoms with E-state index in [9.17, 15) is 15.4 Å². The van der Waals surface area contributed by atoms with E-state index in [1.165, 1.54) is 50.6 Å². The van der Waals surface area contributed by atoms with Gasteiger partial charge in [0.05, 0.1) is 42.9 Å². The second-order valence-electron chi connectivity index (χ2n) is 6.30. The lowest BCUT2D eigenvalue weighted by molar-refractivity contribution is -0.777. The Hall–Kier alpha value is -4.09. The van der Waals surface area contributed by atoms with Crippen molar-refractivity contribution < 1.29 is 29.0 Å². The van der Waals surface area contributed by atoms with Crippen LogP contribution in [0, 0.1) is 22.4 Å². The van der Waals surface area contributed by atoms with Crippen LogP contribution in [-0.2, 0) is 9.37 Å². The van der Waals surface area contributed by atoms with Gasteiger partial charge in [-0.3, -0.25) is 15.2 Å². The SMILES string of the molecule is COc1cc([N+]#N)c(OC)cc1N=Nc1ccc([N+](=O)[O-])cc1.Cc1ccc(SOO[O-])cc1. The zero-order valence-electron chi connectivity index (χ0n) is 18.3. The highest BCUT2D eigenvalue weighted by molar-refractivity contribution is 7.94. The molecule has 34 heavy (non-hydrogen) atoms. The molecule has 3 aromatic carbocycles. The third kappa shape index (κ3) is 7.80. The van der Waals surface area contributed by atoms with E-state index in [0.29, 0.717) is 22.9 Å². The molecular formula is C21H19N5O7S. The Balaban J connectivity index is 0.000000310. The number of nitrogens with zero attached hydrogens (tertiary/aromatic N) is 5. The summed E-state index contributed by atoms with van der Waals surface area (Å²) < 4.78 is 14.4. The largest absolute Gasteiger partial charge is 0.691 e. The minimum Gasteiger partial charge on any atom is -0.691 e. The highest BCUT2D eigenvalue weighted by Crippen LogP contribution is 2.40. The summed E-state index contributed by atoms with van der Waals surface area (Å²) in [5.74, 6) is 0.634. The molecule has 13 heteroatoms. The third-order valence-electron chi connectivity index (χ3n) is 4.10. The molecular weight excluding hydrogens is 466 g/mol. The molecule has 0 aromatic heterocycles. The van der Waals surface area contributed by atoms with E-state index >= 15 is 0 Å². The quantitative estimate of drug-likeness (QED) is 0.0969. The maximum absolute atomic E-state index is 10.6. The molecule has 0 aliphatic rings. The second-order valence-corrected chi connectivity index (χ2v) is 7.08. The zero-order valence-corrected chi connectivity index (χ0v) is 19.1. The highest BCUT2D eigenvalue weighted by Gasteiger charge is 2.20. The molecule has 0 unspecified atom stereocenters. The average molecular weight is 485 g/mol. The molecule has 0 amide bonds. The minimum absolute atomic E-state index is 0.0305. The third-order valence-corrected chi connectivity index (χ3v) is 4.69. The van der Waals surface area contributed by atoms with E-state index in [-0.39, 0.29) is 11.4 Å². The van der Waals surface area contributed by atoms with Crippen LogP contribution in [-0.4, -0.2) is 19.1 Å². The lowest BCUT2D eigenvalue weighted by atomic mass is 10.2. The first kappa shape index (κ1) is 26.2. The Morgan fingerprint density at radius 3 is 2.15 bits per heavy atom. The number of hydrogen-bond acceptors (Lipinski definition) is 11. The number of aryl methyl sites for hydroxylation is 1.